The van der Waals surface area contributed by atoms with Gasteiger partial charge in [0.25, 0.3) is 0 Å². The fourth-order valence-electron chi connectivity index (χ4n) is 5.23. The summed E-state index contributed by atoms with van der Waals surface area (Å²) in [5, 5.41) is 13.8. The summed E-state index contributed by atoms with van der Waals surface area (Å²) in [4.78, 5) is 12.9. The molecule has 2 aliphatic rings. The number of phenols is 1. The van der Waals surface area contributed by atoms with E-state index in [1.807, 2.05) is 48.5 Å². The van der Waals surface area contributed by atoms with Crippen molar-refractivity contribution in [1.29, 1.82) is 0 Å². The van der Waals surface area contributed by atoms with Gasteiger partial charge in [-0.25, -0.2) is 0 Å². The highest BCUT2D eigenvalue weighted by Gasteiger charge is 2.49. The van der Waals surface area contributed by atoms with E-state index in [9.17, 15) is 9.90 Å². The fourth-order valence-corrected chi connectivity index (χ4v) is 5.23. The Morgan fingerprint density at radius 1 is 1.14 bits per heavy atom. The number of nitrogens with one attached hydrogen (secondary N) is 1. The third-order valence-corrected chi connectivity index (χ3v) is 6.74. The molecule has 1 saturated heterocycles. The molecule has 2 N–H and O–H groups in total. The summed E-state index contributed by atoms with van der Waals surface area (Å²) in [6.07, 6.45) is 4.15. The van der Waals surface area contributed by atoms with Crippen LogP contribution in [0, 0.1) is 11.8 Å². The summed E-state index contributed by atoms with van der Waals surface area (Å²) in [6.45, 7) is 4.44. The van der Waals surface area contributed by atoms with Crippen LogP contribution >= 0.6 is 0 Å². The van der Waals surface area contributed by atoms with Crippen LogP contribution in [0.4, 0.5) is 0 Å². The highest BCUT2D eigenvalue weighted by molar-refractivity contribution is 5.79. The molecule has 0 bridgehead atoms. The smallest absolute Gasteiger partial charge is 0.224 e. The number of phenolic OH excluding ortho intramolecular Hbond substituents is 1. The van der Waals surface area contributed by atoms with Gasteiger partial charge in [-0.1, -0.05) is 61.9 Å². The number of aromatic hydroxyl groups is 1. The van der Waals surface area contributed by atoms with Gasteiger partial charge in [-0.3, -0.25) is 4.79 Å². The van der Waals surface area contributed by atoms with Crippen molar-refractivity contribution in [3.8, 4) is 5.75 Å². The Hall–Kier alpha value is -2.33. The number of para-hydroxylation sites is 1. The number of carbonyl (C=O) groups is 1. The molecule has 4 nitrogen and oxygen atoms in total. The largest absolute Gasteiger partial charge is 0.508 e. The number of hydrogen-bond donors (Lipinski definition) is 2. The first-order chi connectivity index (χ1) is 13.9. The first kappa shape index (κ1) is 20.0. The Morgan fingerprint density at radius 2 is 1.86 bits per heavy atom. The zero-order chi connectivity index (χ0) is 20.4. The average Bonchev–Trinajstić information content (AvgIpc) is 2.68. The molecular formula is C25H31NO3. The fraction of sp³-hybridized carbons (Fsp3) is 0.480. The standard InChI is InChI=1S/C25H31NO3/c1-17-12-13-20-22(14-17)29-23(19-10-6-7-11-21(19)27)16-25(20,2)26-24(28)15-18-8-4-3-5-9-18/h3-11,17,20,22-23,27H,12-16H2,1-2H3,(H,26,28)/t17-,20-,22-,23-,25-/m1/s1. The van der Waals surface area contributed by atoms with E-state index in [2.05, 4.69) is 19.2 Å². The molecule has 1 heterocycles. The third kappa shape index (κ3) is 4.32. The van der Waals surface area contributed by atoms with Gasteiger partial charge >= 0.3 is 0 Å². The van der Waals surface area contributed by atoms with E-state index in [0.717, 1.165) is 30.4 Å². The van der Waals surface area contributed by atoms with Crippen LogP contribution in [0.2, 0.25) is 0 Å². The molecule has 2 aromatic rings. The van der Waals surface area contributed by atoms with Gasteiger partial charge < -0.3 is 15.2 Å². The van der Waals surface area contributed by atoms with Crippen molar-refractivity contribution in [2.75, 3.05) is 0 Å². The predicted molar refractivity (Wildman–Crippen MR) is 114 cm³/mol. The van der Waals surface area contributed by atoms with E-state index in [1.54, 1.807) is 6.07 Å². The molecule has 0 unspecified atom stereocenters. The minimum absolute atomic E-state index is 0.0500. The summed E-state index contributed by atoms with van der Waals surface area (Å²) in [5.41, 5.74) is 1.47. The molecule has 2 fully saturated rings. The van der Waals surface area contributed by atoms with Crippen LogP contribution in [0.15, 0.2) is 54.6 Å². The molecule has 1 saturated carbocycles. The molecule has 4 heteroatoms. The molecule has 2 aromatic carbocycles. The van der Waals surface area contributed by atoms with Crippen molar-refractivity contribution in [2.45, 2.75) is 63.7 Å². The SMILES string of the molecule is C[C@@H]1CC[C@@H]2[C@@H](C1)O[C@@H](c1ccccc1O)C[C@@]2(C)NC(=O)Cc1ccccc1. The average molecular weight is 394 g/mol. The lowest BCUT2D eigenvalue weighted by molar-refractivity contribution is -0.153. The van der Waals surface area contributed by atoms with Crippen LogP contribution in [-0.4, -0.2) is 22.7 Å². The maximum Gasteiger partial charge on any atom is 0.224 e. The minimum atomic E-state index is -0.359. The molecular weight excluding hydrogens is 362 g/mol. The topological polar surface area (TPSA) is 58.6 Å². The number of rotatable bonds is 4. The maximum atomic E-state index is 12.9. The number of amides is 1. The zero-order valence-corrected chi connectivity index (χ0v) is 17.3. The summed E-state index contributed by atoms with van der Waals surface area (Å²) in [6, 6.07) is 17.3. The maximum absolute atomic E-state index is 12.9. The van der Waals surface area contributed by atoms with Gasteiger partial charge in [0.05, 0.1) is 18.6 Å². The van der Waals surface area contributed by atoms with Gasteiger partial charge in [0, 0.05) is 23.4 Å². The van der Waals surface area contributed by atoms with E-state index in [-0.39, 0.29) is 29.4 Å². The summed E-state index contributed by atoms with van der Waals surface area (Å²) in [7, 11) is 0. The molecule has 1 aliphatic carbocycles. The van der Waals surface area contributed by atoms with Crippen molar-refractivity contribution in [3.05, 3.63) is 65.7 Å². The first-order valence-corrected chi connectivity index (χ1v) is 10.7. The number of fused-ring (bicyclic) bond motifs is 1. The van der Waals surface area contributed by atoms with E-state index in [4.69, 9.17) is 4.74 Å². The second kappa shape index (κ2) is 8.19. The highest BCUT2D eigenvalue weighted by atomic mass is 16.5. The monoisotopic (exact) mass is 393 g/mol. The van der Waals surface area contributed by atoms with Crippen molar-refractivity contribution in [1.82, 2.24) is 5.32 Å². The Labute approximate surface area is 173 Å². The predicted octanol–water partition coefficient (Wildman–Crippen LogP) is 4.78. The van der Waals surface area contributed by atoms with E-state index in [0.29, 0.717) is 24.7 Å². The van der Waals surface area contributed by atoms with Crippen molar-refractivity contribution < 1.29 is 14.6 Å². The van der Waals surface area contributed by atoms with Crippen LogP contribution in [0.5, 0.6) is 5.75 Å². The normalized spacial score (nSPS) is 31.7. The van der Waals surface area contributed by atoms with E-state index in [1.165, 1.54) is 0 Å². The first-order valence-electron chi connectivity index (χ1n) is 10.7. The molecule has 1 aliphatic heterocycles. The Balaban J connectivity index is 1.58. The highest BCUT2D eigenvalue weighted by Crippen LogP contribution is 2.49. The molecule has 0 aromatic heterocycles. The van der Waals surface area contributed by atoms with E-state index >= 15 is 0 Å². The van der Waals surface area contributed by atoms with Crippen LogP contribution in [-0.2, 0) is 16.0 Å². The summed E-state index contributed by atoms with van der Waals surface area (Å²) in [5.74, 6) is 1.22. The lowest BCUT2D eigenvalue weighted by Crippen LogP contribution is -2.60. The van der Waals surface area contributed by atoms with Crippen LogP contribution in [0.3, 0.4) is 0 Å². The Kier molecular flexibility index (Phi) is 5.64. The molecule has 29 heavy (non-hydrogen) atoms. The Morgan fingerprint density at radius 3 is 2.62 bits per heavy atom. The number of hydrogen-bond acceptors (Lipinski definition) is 3. The van der Waals surface area contributed by atoms with Gasteiger partial charge in [-0.2, -0.15) is 0 Å². The van der Waals surface area contributed by atoms with Gasteiger partial charge in [-0.15, -0.1) is 0 Å². The van der Waals surface area contributed by atoms with Gasteiger partial charge in [0.2, 0.25) is 5.91 Å². The molecule has 4 rings (SSSR count). The molecule has 5 atom stereocenters. The van der Waals surface area contributed by atoms with Crippen LogP contribution in [0.1, 0.15) is 56.8 Å². The summed E-state index contributed by atoms with van der Waals surface area (Å²) < 4.78 is 6.51. The molecule has 154 valence electrons. The number of benzene rings is 2. The van der Waals surface area contributed by atoms with E-state index < -0.39 is 0 Å². The quantitative estimate of drug-likeness (QED) is 0.786. The van der Waals surface area contributed by atoms with Gasteiger partial charge in [0.15, 0.2) is 0 Å². The zero-order valence-electron chi connectivity index (χ0n) is 17.3. The van der Waals surface area contributed by atoms with Crippen LogP contribution in [0.25, 0.3) is 0 Å². The molecule has 1 amide bonds. The summed E-state index contributed by atoms with van der Waals surface area (Å²) >= 11 is 0. The third-order valence-electron chi connectivity index (χ3n) is 6.74. The number of carbonyl (C=O) groups excluding carboxylic acids is 1. The molecule has 0 radical (unpaired) electrons. The van der Waals surface area contributed by atoms with Gasteiger partial charge in [0.1, 0.15) is 5.75 Å². The number of ether oxygens (including phenoxy) is 1. The van der Waals surface area contributed by atoms with Crippen molar-refractivity contribution in [3.63, 3.8) is 0 Å². The Bertz CT molecular complexity index is 852. The van der Waals surface area contributed by atoms with Crippen molar-refractivity contribution >= 4 is 5.91 Å². The second-order valence-electron chi connectivity index (χ2n) is 9.08. The van der Waals surface area contributed by atoms with Crippen molar-refractivity contribution in [2.24, 2.45) is 11.8 Å². The lowest BCUT2D eigenvalue weighted by atomic mass is 9.66. The lowest BCUT2D eigenvalue weighted by Gasteiger charge is -2.52. The van der Waals surface area contributed by atoms with Crippen LogP contribution < -0.4 is 5.32 Å². The minimum Gasteiger partial charge on any atom is -0.508 e. The molecule has 0 spiro atoms. The van der Waals surface area contributed by atoms with Gasteiger partial charge in [-0.05, 0) is 37.3 Å². The second-order valence-corrected chi connectivity index (χ2v) is 9.08.